The van der Waals surface area contributed by atoms with Crippen LogP contribution < -0.4 is 0 Å². The minimum atomic E-state index is -2.06. The predicted molar refractivity (Wildman–Crippen MR) is 140 cm³/mol. The first-order valence-electron chi connectivity index (χ1n) is 13.6. The quantitative estimate of drug-likeness (QED) is 0.339. The number of carbonyl (C=O) groups excluding carboxylic acids is 3. The van der Waals surface area contributed by atoms with Gasteiger partial charge in [0, 0.05) is 30.1 Å². The third-order valence-corrected chi connectivity index (χ3v) is 11.4. The molecule has 2 saturated carbocycles. The highest BCUT2D eigenvalue weighted by Gasteiger charge is 2.74. The highest BCUT2D eigenvalue weighted by atomic mass is 16.3. The first-order chi connectivity index (χ1) is 17.1. The molecule has 8 nitrogen and oxygen atoms in total. The normalized spacial score (nSPS) is 42.7. The minimum absolute atomic E-state index is 0.00244. The number of carbonyl (C=O) groups is 3. The Hall–Kier alpha value is -1.87. The molecule has 9 atom stereocenters. The van der Waals surface area contributed by atoms with Crippen LogP contribution in [0.1, 0.15) is 81.1 Å². The molecule has 0 heterocycles. The van der Waals surface area contributed by atoms with E-state index in [0.29, 0.717) is 6.42 Å². The van der Waals surface area contributed by atoms with Gasteiger partial charge in [-0.3, -0.25) is 14.4 Å². The van der Waals surface area contributed by atoms with Crippen LogP contribution in [0.25, 0.3) is 0 Å². The Morgan fingerprint density at radius 1 is 1.08 bits per heavy atom. The van der Waals surface area contributed by atoms with E-state index in [4.69, 9.17) is 0 Å². The van der Waals surface area contributed by atoms with Gasteiger partial charge in [-0.2, -0.15) is 0 Å². The van der Waals surface area contributed by atoms with Gasteiger partial charge in [-0.05, 0) is 70.3 Å². The molecule has 8 heteroatoms. The van der Waals surface area contributed by atoms with E-state index in [1.165, 1.54) is 26.8 Å². The van der Waals surface area contributed by atoms with Crippen molar-refractivity contribution in [2.24, 2.45) is 39.4 Å². The maximum atomic E-state index is 14.2. The summed E-state index contributed by atoms with van der Waals surface area (Å²) in [7, 11) is 0. The van der Waals surface area contributed by atoms with Crippen LogP contribution in [0.15, 0.2) is 23.5 Å². The zero-order valence-electron chi connectivity index (χ0n) is 23.8. The summed E-state index contributed by atoms with van der Waals surface area (Å²) < 4.78 is 0. The third kappa shape index (κ3) is 3.59. The second kappa shape index (κ2) is 8.32. The van der Waals surface area contributed by atoms with Crippen molar-refractivity contribution in [3.63, 3.8) is 0 Å². The Balaban J connectivity index is 1.79. The number of fused-ring (bicyclic) bond motifs is 5. The summed E-state index contributed by atoms with van der Waals surface area (Å²) in [6.07, 6.45) is 1.27. The number of Topliss-reactive ketones (excluding diaryl/α,β-unsaturated/α-hetero) is 3. The van der Waals surface area contributed by atoms with E-state index in [1.54, 1.807) is 13.8 Å². The average Bonchev–Trinajstić information content (AvgIpc) is 2.97. The van der Waals surface area contributed by atoms with Gasteiger partial charge in [0.15, 0.2) is 11.5 Å². The van der Waals surface area contributed by atoms with Crippen LogP contribution in [0.3, 0.4) is 0 Å². The Morgan fingerprint density at radius 2 is 1.66 bits per heavy atom. The maximum Gasteiger partial charge on any atom is 0.206 e. The number of rotatable bonds is 5. The van der Waals surface area contributed by atoms with E-state index < -0.39 is 69.1 Å². The van der Waals surface area contributed by atoms with Crippen LogP contribution in [0.2, 0.25) is 0 Å². The van der Waals surface area contributed by atoms with Crippen molar-refractivity contribution in [3.8, 4) is 0 Å². The van der Waals surface area contributed by atoms with E-state index in [-0.39, 0.29) is 36.1 Å². The van der Waals surface area contributed by atoms with E-state index in [9.17, 15) is 39.9 Å². The standard InChI is InChI=1S/C30H44O8/c1-25(2)15-9-10-19-27(5)13-18(32)23(30(8,38)21(34)12-20(33)26(3,4)37)28(27,6)14-22(35)29(19,7)16(15)11-17(31)24(25)36/h9,11,16,18-20,23,31-33,37-38H,10,12-14H2,1-8H3/t16-,18-,19+,20+,23+,27+,28-,29+,30-/m1/s1. The van der Waals surface area contributed by atoms with Crippen molar-refractivity contribution in [1.82, 2.24) is 0 Å². The summed E-state index contributed by atoms with van der Waals surface area (Å²) in [5, 5.41) is 54.1. The molecule has 4 rings (SSSR count). The maximum absolute atomic E-state index is 14.2. The van der Waals surface area contributed by atoms with Crippen LogP contribution in [-0.2, 0) is 14.4 Å². The van der Waals surface area contributed by atoms with Crippen LogP contribution >= 0.6 is 0 Å². The Kier molecular flexibility index (Phi) is 6.38. The lowest BCUT2D eigenvalue weighted by Crippen LogP contribution is -2.64. The molecule has 4 aliphatic rings. The zero-order valence-corrected chi connectivity index (χ0v) is 23.8. The molecule has 0 bridgehead atoms. The molecule has 0 unspecified atom stereocenters. The van der Waals surface area contributed by atoms with Crippen LogP contribution in [-0.4, -0.2) is 66.3 Å². The number of ketones is 3. The molecule has 0 saturated heterocycles. The minimum Gasteiger partial charge on any atom is -0.505 e. The highest BCUT2D eigenvalue weighted by Crippen LogP contribution is 2.73. The van der Waals surface area contributed by atoms with Gasteiger partial charge in [0.1, 0.15) is 11.4 Å². The van der Waals surface area contributed by atoms with Crippen LogP contribution in [0.4, 0.5) is 0 Å². The van der Waals surface area contributed by atoms with Crippen LogP contribution in [0.5, 0.6) is 0 Å². The average molecular weight is 533 g/mol. The van der Waals surface area contributed by atoms with Crippen LogP contribution in [0, 0.1) is 39.4 Å². The van der Waals surface area contributed by atoms with Gasteiger partial charge in [0.05, 0.1) is 23.2 Å². The molecule has 0 spiro atoms. The Morgan fingerprint density at radius 3 is 2.21 bits per heavy atom. The lowest BCUT2D eigenvalue weighted by Gasteiger charge is -2.63. The van der Waals surface area contributed by atoms with Gasteiger partial charge in [0.25, 0.3) is 0 Å². The molecule has 0 aromatic rings. The molecular formula is C30H44O8. The van der Waals surface area contributed by atoms with Gasteiger partial charge in [-0.15, -0.1) is 0 Å². The lowest BCUT2D eigenvalue weighted by atomic mass is 9.39. The van der Waals surface area contributed by atoms with E-state index in [0.717, 1.165) is 5.57 Å². The molecule has 0 amide bonds. The highest BCUT2D eigenvalue weighted by molar-refractivity contribution is 6.02. The lowest BCUT2D eigenvalue weighted by molar-refractivity contribution is -0.182. The fourth-order valence-corrected chi connectivity index (χ4v) is 8.78. The summed E-state index contributed by atoms with van der Waals surface area (Å²) >= 11 is 0. The predicted octanol–water partition coefficient (Wildman–Crippen LogP) is 2.81. The van der Waals surface area contributed by atoms with Crippen molar-refractivity contribution in [2.75, 3.05) is 0 Å². The van der Waals surface area contributed by atoms with Gasteiger partial charge < -0.3 is 25.5 Å². The first-order valence-corrected chi connectivity index (χ1v) is 13.6. The third-order valence-electron chi connectivity index (χ3n) is 11.4. The fraction of sp³-hybridized carbons (Fsp3) is 0.767. The Labute approximate surface area is 224 Å². The van der Waals surface area contributed by atoms with Crippen molar-refractivity contribution in [3.05, 3.63) is 23.5 Å². The molecule has 0 aromatic heterocycles. The van der Waals surface area contributed by atoms with Crippen molar-refractivity contribution < 1.29 is 39.9 Å². The fourth-order valence-electron chi connectivity index (χ4n) is 8.78. The van der Waals surface area contributed by atoms with E-state index in [1.807, 2.05) is 26.8 Å². The molecule has 5 N–H and O–H groups in total. The molecule has 0 radical (unpaired) electrons. The number of aliphatic hydroxyl groups is 5. The summed E-state index contributed by atoms with van der Waals surface area (Å²) in [5.41, 5.74) is -6.32. The SMILES string of the molecule is CC1(C)C(=O)C(O)=C[C@@H]2C1=CC[C@@H]1[C@@]2(C)C(=O)C[C@]2(C)[C@@H]([C@](C)(O)C(=O)C[C@H](O)C(C)(C)O)[C@H](O)C[C@@]12C. The second-order valence-corrected chi connectivity index (χ2v) is 14.3. The summed E-state index contributed by atoms with van der Waals surface area (Å²) in [6, 6.07) is 0. The number of hydrogen-bond acceptors (Lipinski definition) is 8. The van der Waals surface area contributed by atoms with Crippen molar-refractivity contribution >= 4 is 17.3 Å². The zero-order chi connectivity index (χ0) is 29.0. The second-order valence-electron chi connectivity index (χ2n) is 14.3. The summed E-state index contributed by atoms with van der Waals surface area (Å²) in [5.74, 6) is -3.25. The van der Waals surface area contributed by atoms with Gasteiger partial charge >= 0.3 is 0 Å². The van der Waals surface area contributed by atoms with Gasteiger partial charge in [-0.1, -0.05) is 32.4 Å². The molecular weight excluding hydrogens is 488 g/mol. The number of aliphatic hydroxyl groups excluding tert-OH is 3. The molecule has 4 aliphatic carbocycles. The Bertz CT molecular complexity index is 1140. The molecule has 2 fully saturated rings. The monoisotopic (exact) mass is 532 g/mol. The first kappa shape index (κ1) is 29.1. The molecule has 0 aliphatic heterocycles. The van der Waals surface area contributed by atoms with Gasteiger partial charge in [-0.25, -0.2) is 0 Å². The van der Waals surface area contributed by atoms with Crippen molar-refractivity contribution in [2.45, 2.75) is 104 Å². The largest absolute Gasteiger partial charge is 0.505 e. The number of hydrogen-bond donors (Lipinski definition) is 5. The number of allylic oxidation sites excluding steroid dienone is 4. The van der Waals surface area contributed by atoms with Crippen molar-refractivity contribution in [1.29, 1.82) is 0 Å². The molecule has 212 valence electrons. The topological polar surface area (TPSA) is 152 Å². The smallest absolute Gasteiger partial charge is 0.206 e. The molecule has 38 heavy (non-hydrogen) atoms. The summed E-state index contributed by atoms with van der Waals surface area (Å²) in [4.78, 5) is 40.3. The molecule has 0 aromatic carbocycles. The van der Waals surface area contributed by atoms with E-state index in [2.05, 4.69) is 0 Å². The van der Waals surface area contributed by atoms with Gasteiger partial charge in [0.2, 0.25) is 5.78 Å². The summed E-state index contributed by atoms with van der Waals surface area (Å²) in [6.45, 7) is 13.4. The van der Waals surface area contributed by atoms with E-state index >= 15 is 0 Å².